The van der Waals surface area contributed by atoms with Gasteiger partial charge in [0, 0.05) is 29.6 Å². The van der Waals surface area contributed by atoms with Crippen molar-refractivity contribution in [2.24, 2.45) is 4.99 Å². The summed E-state index contributed by atoms with van der Waals surface area (Å²) < 4.78 is 0. The number of hydrogen-bond acceptors (Lipinski definition) is 4. The second-order valence-electron chi connectivity index (χ2n) is 6.03. The molecule has 0 saturated heterocycles. The molecule has 3 rings (SSSR count). The van der Waals surface area contributed by atoms with Crippen molar-refractivity contribution in [2.45, 2.75) is 18.9 Å². The van der Waals surface area contributed by atoms with Crippen LogP contribution in [0.1, 0.15) is 24.0 Å². The molecule has 1 amide bonds. The number of halogens is 1. The average Bonchev–Trinajstić information content (AvgIpc) is 2.70. The third kappa shape index (κ3) is 3.55. The van der Waals surface area contributed by atoms with E-state index in [2.05, 4.69) is 4.99 Å². The number of likely N-dealkylation sites (N-methyl/N-ethyl adjacent to an activating group) is 1. The fourth-order valence-corrected chi connectivity index (χ4v) is 3.10. The van der Waals surface area contributed by atoms with E-state index in [1.165, 1.54) is 4.90 Å². The number of anilines is 1. The number of carbonyl (C=O) groups is 2. The van der Waals surface area contributed by atoms with Gasteiger partial charge in [-0.25, -0.2) is 0 Å². The highest BCUT2D eigenvalue weighted by atomic mass is 35.5. The van der Waals surface area contributed by atoms with Gasteiger partial charge < -0.3 is 15.1 Å². The zero-order valence-electron chi connectivity index (χ0n) is 14.0. The zero-order chi connectivity index (χ0) is 18.8. The van der Waals surface area contributed by atoms with Gasteiger partial charge in [0.2, 0.25) is 0 Å². The second kappa shape index (κ2) is 7.17. The number of aliphatic imine (C=N–C) groups is 1. The Labute approximate surface area is 155 Å². The van der Waals surface area contributed by atoms with E-state index in [0.29, 0.717) is 27.5 Å². The Morgan fingerprint density at radius 3 is 2.73 bits per heavy atom. The Morgan fingerprint density at radius 2 is 2.04 bits per heavy atom. The Bertz CT molecular complexity index is 910. The van der Waals surface area contributed by atoms with Crippen molar-refractivity contribution >= 4 is 34.9 Å². The smallest absolute Gasteiger partial charge is 0.303 e. The number of phenolic OH excluding ortho intramolecular Hbond substituents is 1. The average molecular weight is 373 g/mol. The molecule has 0 aromatic heterocycles. The van der Waals surface area contributed by atoms with E-state index in [1.54, 1.807) is 49.5 Å². The molecule has 26 heavy (non-hydrogen) atoms. The number of carbonyl (C=O) groups excluding carboxylic acids is 1. The SMILES string of the molecule is CN1C(=O)C(CCC(=O)O)N=C(c2cccc(O)c2)c2ccc(Cl)cc21. The van der Waals surface area contributed by atoms with Crippen molar-refractivity contribution in [1.82, 2.24) is 0 Å². The number of rotatable bonds is 4. The molecular formula is C19H17ClN2O4. The van der Waals surface area contributed by atoms with Crippen molar-refractivity contribution in [3.05, 3.63) is 58.6 Å². The van der Waals surface area contributed by atoms with Gasteiger partial charge in [-0.05, 0) is 36.8 Å². The number of nitrogens with zero attached hydrogens (tertiary/aromatic N) is 2. The zero-order valence-corrected chi connectivity index (χ0v) is 14.8. The van der Waals surface area contributed by atoms with Gasteiger partial charge >= 0.3 is 5.97 Å². The van der Waals surface area contributed by atoms with Gasteiger partial charge in [-0.15, -0.1) is 0 Å². The lowest BCUT2D eigenvalue weighted by molar-refractivity contribution is -0.137. The van der Waals surface area contributed by atoms with Crippen LogP contribution in [-0.2, 0) is 9.59 Å². The Balaban J connectivity index is 2.17. The number of amides is 1. The van der Waals surface area contributed by atoms with Gasteiger partial charge in [-0.1, -0.05) is 23.7 Å². The summed E-state index contributed by atoms with van der Waals surface area (Å²) in [6.07, 6.45) is -0.0826. The molecule has 1 atom stereocenters. The summed E-state index contributed by atoms with van der Waals surface area (Å²) in [5, 5.41) is 19.3. The molecule has 0 aliphatic carbocycles. The van der Waals surface area contributed by atoms with Gasteiger partial charge in [0.05, 0.1) is 11.4 Å². The van der Waals surface area contributed by atoms with Gasteiger partial charge in [-0.3, -0.25) is 14.6 Å². The number of benzene rings is 2. The first-order valence-corrected chi connectivity index (χ1v) is 8.41. The topological polar surface area (TPSA) is 90.2 Å². The van der Waals surface area contributed by atoms with Crippen LogP contribution in [0.3, 0.4) is 0 Å². The fourth-order valence-electron chi connectivity index (χ4n) is 2.94. The van der Waals surface area contributed by atoms with E-state index in [9.17, 15) is 14.7 Å². The Morgan fingerprint density at radius 1 is 1.27 bits per heavy atom. The summed E-state index contributed by atoms with van der Waals surface area (Å²) in [5.74, 6) is -1.21. The maximum Gasteiger partial charge on any atom is 0.303 e. The Kier molecular flexibility index (Phi) is 4.95. The highest BCUT2D eigenvalue weighted by molar-refractivity contribution is 6.31. The number of benzodiazepines with no additional fused rings is 1. The molecule has 0 spiro atoms. The van der Waals surface area contributed by atoms with Crippen LogP contribution in [0.4, 0.5) is 5.69 Å². The minimum atomic E-state index is -0.987. The predicted molar refractivity (Wildman–Crippen MR) is 99.3 cm³/mol. The van der Waals surface area contributed by atoms with E-state index >= 15 is 0 Å². The number of aliphatic carboxylic acids is 1. The summed E-state index contributed by atoms with van der Waals surface area (Å²) >= 11 is 6.11. The molecule has 6 nitrogen and oxygen atoms in total. The minimum absolute atomic E-state index is 0.0757. The number of carboxylic acids is 1. The second-order valence-corrected chi connectivity index (χ2v) is 6.47. The van der Waals surface area contributed by atoms with Crippen LogP contribution in [0.15, 0.2) is 47.5 Å². The third-order valence-electron chi connectivity index (χ3n) is 4.23. The molecular weight excluding hydrogens is 356 g/mol. The number of phenols is 1. The monoisotopic (exact) mass is 372 g/mol. The van der Waals surface area contributed by atoms with Gasteiger partial charge in [0.1, 0.15) is 11.8 Å². The number of carboxylic acid groups (broad SMARTS) is 1. The molecule has 2 aromatic carbocycles. The molecule has 0 fully saturated rings. The van der Waals surface area contributed by atoms with E-state index in [-0.39, 0.29) is 24.5 Å². The van der Waals surface area contributed by atoms with Crippen molar-refractivity contribution < 1.29 is 19.8 Å². The summed E-state index contributed by atoms with van der Waals surface area (Å²) in [6, 6.07) is 10.9. The van der Waals surface area contributed by atoms with E-state index in [0.717, 1.165) is 0 Å². The molecule has 134 valence electrons. The maximum absolute atomic E-state index is 12.8. The van der Waals surface area contributed by atoms with E-state index in [1.807, 2.05) is 0 Å². The molecule has 0 saturated carbocycles. The number of aromatic hydroxyl groups is 1. The van der Waals surface area contributed by atoms with Crippen LogP contribution in [0.5, 0.6) is 5.75 Å². The van der Waals surface area contributed by atoms with E-state index in [4.69, 9.17) is 16.7 Å². The number of fused-ring (bicyclic) bond motifs is 1. The highest BCUT2D eigenvalue weighted by Gasteiger charge is 2.30. The van der Waals surface area contributed by atoms with Gasteiger partial charge in [0.25, 0.3) is 5.91 Å². The Hall–Kier alpha value is -2.86. The van der Waals surface area contributed by atoms with Gasteiger partial charge in [-0.2, -0.15) is 0 Å². The summed E-state index contributed by atoms with van der Waals surface area (Å²) in [5.41, 5.74) is 2.42. The molecule has 0 radical (unpaired) electrons. The normalized spacial score (nSPS) is 16.7. The van der Waals surface area contributed by atoms with Crippen LogP contribution >= 0.6 is 11.6 Å². The first-order valence-electron chi connectivity index (χ1n) is 8.03. The molecule has 1 unspecified atom stereocenters. The first kappa shape index (κ1) is 17.9. The molecule has 2 N–H and O–H groups in total. The maximum atomic E-state index is 12.8. The van der Waals surface area contributed by atoms with Crippen molar-refractivity contribution in [3.63, 3.8) is 0 Å². The van der Waals surface area contributed by atoms with Crippen LogP contribution in [0, 0.1) is 0 Å². The molecule has 2 aromatic rings. The predicted octanol–water partition coefficient (Wildman–Crippen LogP) is 3.09. The van der Waals surface area contributed by atoms with Gasteiger partial charge in [0.15, 0.2) is 0 Å². The molecule has 7 heteroatoms. The van der Waals surface area contributed by atoms with Crippen molar-refractivity contribution in [2.75, 3.05) is 11.9 Å². The van der Waals surface area contributed by atoms with E-state index < -0.39 is 12.0 Å². The highest BCUT2D eigenvalue weighted by Crippen LogP contribution is 2.31. The first-order chi connectivity index (χ1) is 12.4. The molecule has 1 aliphatic rings. The summed E-state index contributed by atoms with van der Waals surface area (Å²) in [7, 11) is 1.62. The van der Waals surface area contributed by atoms with Crippen LogP contribution in [0.25, 0.3) is 0 Å². The van der Waals surface area contributed by atoms with Crippen LogP contribution < -0.4 is 4.90 Å². The largest absolute Gasteiger partial charge is 0.508 e. The van der Waals surface area contributed by atoms with Crippen molar-refractivity contribution in [1.29, 1.82) is 0 Å². The lowest BCUT2D eigenvalue weighted by Crippen LogP contribution is -2.35. The summed E-state index contributed by atoms with van der Waals surface area (Å²) in [6.45, 7) is 0. The molecule has 1 aliphatic heterocycles. The number of hydrogen-bond donors (Lipinski definition) is 2. The standard InChI is InChI=1S/C19H17ClN2O4/c1-22-16-10-12(20)5-6-14(16)18(11-3-2-4-13(23)9-11)21-15(19(22)26)7-8-17(24)25/h2-6,9-10,15,23H,7-8H2,1H3,(H,24,25). The molecule has 0 bridgehead atoms. The quantitative estimate of drug-likeness (QED) is 0.862. The van der Waals surface area contributed by atoms with Crippen LogP contribution in [-0.4, -0.2) is 40.9 Å². The van der Waals surface area contributed by atoms with Crippen LogP contribution in [0.2, 0.25) is 5.02 Å². The summed E-state index contributed by atoms with van der Waals surface area (Å²) in [4.78, 5) is 29.8. The third-order valence-corrected chi connectivity index (χ3v) is 4.46. The minimum Gasteiger partial charge on any atom is -0.508 e. The lowest BCUT2D eigenvalue weighted by Gasteiger charge is -2.20. The fraction of sp³-hybridized carbons (Fsp3) is 0.211. The lowest BCUT2D eigenvalue weighted by atomic mass is 10.00. The molecule has 1 heterocycles. The van der Waals surface area contributed by atoms with Crippen molar-refractivity contribution in [3.8, 4) is 5.75 Å².